The highest BCUT2D eigenvalue weighted by Crippen LogP contribution is 2.34. The van der Waals surface area contributed by atoms with Crippen LogP contribution in [-0.2, 0) is 9.47 Å². The van der Waals surface area contributed by atoms with Gasteiger partial charge in [0, 0.05) is 0 Å². The average Bonchev–Trinajstić information content (AvgIpc) is 2.41. The second-order valence-corrected chi connectivity index (χ2v) is 4.20. The van der Waals surface area contributed by atoms with Crippen molar-refractivity contribution in [1.29, 1.82) is 0 Å². The van der Waals surface area contributed by atoms with E-state index >= 15 is 0 Å². The van der Waals surface area contributed by atoms with Crippen LogP contribution in [0.3, 0.4) is 0 Å². The van der Waals surface area contributed by atoms with Gasteiger partial charge in [-0.15, -0.1) is 0 Å². The summed E-state index contributed by atoms with van der Waals surface area (Å²) < 4.78 is 10.7. The number of aliphatic hydroxyl groups excluding tert-OH is 3. The van der Waals surface area contributed by atoms with Crippen LogP contribution in [0, 0.1) is 0 Å². The lowest BCUT2D eigenvalue weighted by molar-refractivity contribution is -0.207. The second-order valence-electron chi connectivity index (χ2n) is 4.20. The highest BCUT2D eigenvalue weighted by atomic mass is 16.8. The topological polar surface area (TPSA) is 79.2 Å². The molecule has 0 radical (unpaired) electrons. The van der Waals surface area contributed by atoms with Crippen molar-refractivity contribution >= 4 is 0 Å². The summed E-state index contributed by atoms with van der Waals surface area (Å²) in [5.41, 5.74) is -1.21. The molecule has 3 atom stereocenters. The molecule has 0 amide bonds. The molecule has 3 N–H and O–H groups in total. The first kappa shape index (κ1) is 11.9. The van der Waals surface area contributed by atoms with Gasteiger partial charge in [-0.1, -0.05) is 0 Å². The van der Waals surface area contributed by atoms with E-state index in [2.05, 4.69) is 0 Å². The smallest absolute Gasteiger partial charge is 0.164 e. The first-order chi connectivity index (χ1) is 6.33. The fourth-order valence-electron chi connectivity index (χ4n) is 1.60. The third kappa shape index (κ3) is 2.07. The van der Waals surface area contributed by atoms with E-state index in [1.54, 1.807) is 13.8 Å². The van der Waals surface area contributed by atoms with E-state index in [0.717, 1.165) is 0 Å². The van der Waals surface area contributed by atoms with Gasteiger partial charge in [0.25, 0.3) is 0 Å². The van der Waals surface area contributed by atoms with Crippen molar-refractivity contribution in [3.8, 4) is 0 Å². The van der Waals surface area contributed by atoms with Gasteiger partial charge in [0.1, 0.15) is 11.7 Å². The van der Waals surface area contributed by atoms with E-state index in [4.69, 9.17) is 9.47 Å². The van der Waals surface area contributed by atoms with E-state index in [0.29, 0.717) is 0 Å². The molecule has 3 unspecified atom stereocenters. The summed E-state index contributed by atoms with van der Waals surface area (Å²) in [5.74, 6) is -0.835. The van der Waals surface area contributed by atoms with Crippen molar-refractivity contribution in [2.45, 2.75) is 44.4 Å². The van der Waals surface area contributed by atoms with E-state index < -0.39 is 23.6 Å². The summed E-state index contributed by atoms with van der Waals surface area (Å²) in [6, 6.07) is 0. The van der Waals surface area contributed by atoms with Crippen molar-refractivity contribution in [3.05, 3.63) is 0 Å². The molecular weight excluding hydrogens is 188 g/mol. The highest BCUT2D eigenvalue weighted by molar-refractivity contribution is 4.95. The largest absolute Gasteiger partial charge is 0.393 e. The molecule has 1 rings (SSSR count). The predicted octanol–water partition coefficient (Wildman–Crippen LogP) is -0.758. The van der Waals surface area contributed by atoms with Crippen molar-refractivity contribution in [2.75, 3.05) is 13.2 Å². The molecule has 1 saturated heterocycles. The van der Waals surface area contributed by atoms with Crippen molar-refractivity contribution in [3.63, 3.8) is 0 Å². The minimum absolute atomic E-state index is 0.0720. The molecule has 1 aliphatic heterocycles. The Balaban J connectivity index is 2.79. The first-order valence-electron chi connectivity index (χ1n) is 4.64. The van der Waals surface area contributed by atoms with Crippen molar-refractivity contribution < 1.29 is 24.8 Å². The van der Waals surface area contributed by atoms with Gasteiger partial charge in [0.2, 0.25) is 0 Å². The monoisotopic (exact) mass is 206 g/mol. The Morgan fingerprint density at radius 3 is 2.21 bits per heavy atom. The predicted molar refractivity (Wildman–Crippen MR) is 48.6 cm³/mol. The summed E-state index contributed by atoms with van der Waals surface area (Å²) in [4.78, 5) is 0. The van der Waals surface area contributed by atoms with E-state index in [1.807, 2.05) is 0 Å². The van der Waals surface area contributed by atoms with E-state index in [9.17, 15) is 15.3 Å². The van der Waals surface area contributed by atoms with E-state index in [-0.39, 0.29) is 13.2 Å². The molecule has 0 aromatic heterocycles. The van der Waals surface area contributed by atoms with Crippen LogP contribution in [0.1, 0.15) is 20.8 Å². The summed E-state index contributed by atoms with van der Waals surface area (Å²) in [6.07, 6.45) is -2.13. The van der Waals surface area contributed by atoms with Crippen LogP contribution in [0.25, 0.3) is 0 Å². The number of hydrogen-bond donors (Lipinski definition) is 3. The van der Waals surface area contributed by atoms with Gasteiger partial charge in [-0.2, -0.15) is 0 Å². The Morgan fingerprint density at radius 1 is 1.36 bits per heavy atom. The summed E-state index contributed by atoms with van der Waals surface area (Å²) in [6.45, 7) is 4.51. The fourth-order valence-corrected chi connectivity index (χ4v) is 1.60. The maximum absolute atomic E-state index is 9.69. The van der Waals surface area contributed by atoms with Gasteiger partial charge in [-0.25, -0.2) is 0 Å². The van der Waals surface area contributed by atoms with Crippen molar-refractivity contribution in [1.82, 2.24) is 0 Å². The van der Waals surface area contributed by atoms with Crippen LogP contribution in [0.5, 0.6) is 0 Å². The van der Waals surface area contributed by atoms with Crippen LogP contribution in [0.4, 0.5) is 0 Å². The van der Waals surface area contributed by atoms with Crippen LogP contribution < -0.4 is 0 Å². The highest BCUT2D eigenvalue weighted by Gasteiger charge is 2.51. The quantitative estimate of drug-likeness (QED) is 0.566. The molecule has 1 aliphatic rings. The maximum atomic E-state index is 9.69. The van der Waals surface area contributed by atoms with Crippen LogP contribution in [0.2, 0.25) is 0 Å². The zero-order valence-corrected chi connectivity index (χ0v) is 8.73. The van der Waals surface area contributed by atoms with Crippen LogP contribution in [0.15, 0.2) is 0 Å². The lowest BCUT2D eigenvalue weighted by Crippen LogP contribution is -2.53. The zero-order chi connectivity index (χ0) is 11.0. The number of hydrogen-bond acceptors (Lipinski definition) is 5. The standard InChI is InChI=1S/C9H18O5/c1-6(11)7(12)9(4-10)5-13-8(2,3)14-9/h6-7,10-12H,4-5H2,1-3H3. The molecule has 0 saturated carbocycles. The maximum Gasteiger partial charge on any atom is 0.164 e. The van der Waals surface area contributed by atoms with Gasteiger partial charge < -0.3 is 24.8 Å². The Bertz CT molecular complexity index is 203. The Hall–Kier alpha value is -0.200. The van der Waals surface area contributed by atoms with Gasteiger partial charge in [0.15, 0.2) is 5.79 Å². The third-order valence-corrected chi connectivity index (χ3v) is 2.38. The van der Waals surface area contributed by atoms with Crippen molar-refractivity contribution in [2.24, 2.45) is 0 Å². The molecule has 5 heteroatoms. The van der Waals surface area contributed by atoms with Crippen LogP contribution in [-0.4, -0.2) is 52.1 Å². The molecule has 5 nitrogen and oxygen atoms in total. The van der Waals surface area contributed by atoms with Gasteiger partial charge in [-0.3, -0.25) is 0 Å². The molecular formula is C9H18O5. The summed E-state index contributed by atoms with van der Waals surface area (Å²) >= 11 is 0. The lowest BCUT2D eigenvalue weighted by atomic mass is 9.95. The SMILES string of the molecule is CC(O)C(O)C1(CO)COC(C)(C)O1. The van der Waals surface area contributed by atoms with E-state index in [1.165, 1.54) is 6.92 Å². The molecule has 14 heavy (non-hydrogen) atoms. The average molecular weight is 206 g/mol. The normalized spacial score (nSPS) is 35.6. The minimum Gasteiger partial charge on any atom is -0.393 e. The Kier molecular flexibility index (Phi) is 3.18. The van der Waals surface area contributed by atoms with Gasteiger partial charge >= 0.3 is 0 Å². The molecule has 0 spiro atoms. The molecule has 0 bridgehead atoms. The molecule has 0 aromatic carbocycles. The number of ether oxygens (including phenoxy) is 2. The summed E-state index contributed by atoms with van der Waals surface area (Å²) in [7, 11) is 0. The fraction of sp³-hybridized carbons (Fsp3) is 1.00. The molecule has 1 heterocycles. The second kappa shape index (κ2) is 3.75. The van der Waals surface area contributed by atoms with Gasteiger partial charge in [-0.05, 0) is 20.8 Å². The summed E-state index contributed by atoms with van der Waals surface area (Å²) in [5, 5.41) is 28.1. The molecule has 1 fully saturated rings. The molecule has 0 aromatic rings. The van der Waals surface area contributed by atoms with Gasteiger partial charge in [0.05, 0.1) is 19.3 Å². The van der Waals surface area contributed by atoms with Crippen LogP contribution >= 0.6 is 0 Å². The molecule has 0 aliphatic carbocycles. The Morgan fingerprint density at radius 2 is 1.93 bits per heavy atom. The first-order valence-corrected chi connectivity index (χ1v) is 4.64. The third-order valence-electron chi connectivity index (χ3n) is 2.38. The zero-order valence-electron chi connectivity index (χ0n) is 8.73. The number of aliphatic hydroxyl groups is 3. The lowest BCUT2D eigenvalue weighted by Gasteiger charge is -2.33. The minimum atomic E-state index is -1.21. The number of rotatable bonds is 3. The Labute approximate surface area is 83.3 Å². The molecule has 84 valence electrons.